The van der Waals surface area contributed by atoms with Crippen molar-refractivity contribution >= 4 is 23.1 Å². The molecule has 0 radical (unpaired) electrons. The van der Waals surface area contributed by atoms with Gasteiger partial charge in [-0.2, -0.15) is 0 Å². The Morgan fingerprint density at radius 3 is 2.70 bits per heavy atom. The average molecular weight is 469 g/mol. The van der Waals surface area contributed by atoms with Crippen molar-refractivity contribution in [3.8, 4) is 22.3 Å². The fourth-order valence-corrected chi connectivity index (χ4v) is 5.00. The van der Waals surface area contributed by atoms with Gasteiger partial charge in [0.25, 0.3) is 0 Å². The minimum Gasteiger partial charge on any atom is -0.458 e. The van der Waals surface area contributed by atoms with Gasteiger partial charge in [-0.05, 0) is 31.9 Å². The van der Waals surface area contributed by atoms with Crippen molar-refractivity contribution in [3.63, 3.8) is 0 Å². The highest BCUT2D eigenvalue weighted by molar-refractivity contribution is 7.13. The fourth-order valence-electron chi connectivity index (χ4n) is 4.41. The first-order valence-corrected chi connectivity index (χ1v) is 12.2. The number of furan rings is 1. The van der Waals surface area contributed by atoms with Gasteiger partial charge in [-0.1, -0.05) is 0 Å². The van der Waals surface area contributed by atoms with Crippen LogP contribution in [0.25, 0.3) is 22.3 Å². The number of carbonyl (C=O) groups excluding carboxylic acids is 1. The van der Waals surface area contributed by atoms with Crippen LogP contribution in [0.4, 0.5) is 5.82 Å². The number of morpholine rings is 1. The van der Waals surface area contributed by atoms with Gasteiger partial charge in [0, 0.05) is 49.9 Å². The molecule has 174 valence electrons. The molecular formula is C23H28N6O3S. The van der Waals surface area contributed by atoms with Crippen molar-refractivity contribution < 1.29 is 13.9 Å². The summed E-state index contributed by atoms with van der Waals surface area (Å²) in [7, 11) is 0. The van der Waals surface area contributed by atoms with Crippen LogP contribution in [0.15, 0.2) is 34.2 Å². The van der Waals surface area contributed by atoms with Crippen LogP contribution in [0.2, 0.25) is 0 Å². The standard InChI is InChI=1S/C23H28N6O3S/c1-16-2-3-19(32-16)22-25-18(23-24-6-13-33-23)14-20(27-22)26-21(30)15-28-7-4-17(5-8-28)29-9-11-31-12-10-29/h2-3,6,13-14,17H,4-5,7-12,15H2,1H3,(H,25,26,27,30). The molecule has 1 N–H and O–H groups in total. The molecule has 5 heterocycles. The molecule has 2 aliphatic heterocycles. The van der Waals surface area contributed by atoms with E-state index in [4.69, 9.17) is 9.15 Å². The topological polar surface area (TPSA) is 96.6 Å². The van der Waals surface area contributed by atoms with E-state index in [1.807, 2.05) is 24.4 Å². The monoisotopic (exact) mass is 468 g/mol. The molecule has 0 bridgehead atoms. The number of likely N-dealkylation sites (tertiary alicyclic amines) is 1. The number of thiazole rings is 1. The quantitative estimate of drug-likeness (QED) is 0.590. The van der Waals surface area contributed by atoms with Gasteiger partial charge in [-0.3, -0.25) is 14.6 Å². The van der Waals surface area contributed by atoms with E-state index < -0.39 is 0 Å². The molecule has 3 aromatic rings. The number of rotatable bonds is 6. The maximum Gasteiger partial charge on any atom is 0.239 e. The van der Waals surface area contributed by atoms with Crippen LogP contribution in [0.5, 0.6) is 0 Å². The number of piperidine rings is 1. The summed E-state index contributed by atoms with van der Waals surface area (Å²) in [5, 5.41) is 5.62. The van der Waals surface area contributed by atoms with Crippen LogP contribution < -0.4 is 5.32 Å². The summed E-state index contributed by atoms with van der Waals surface area (Å²) >= 11 is 1.49. The van der Waals surface area contributed by atoms with Gasteiger partial charge >= 0.3 is 0 Å². The number of aromatic nitrogens is 3. The van der Waals surface area contributed by atoms with Crippen molar-refractivity contribution in [1.29, 1.82) is 0 Å². The van der Waals surface area contributed by atoms with E-state index in [0.29, 0.717) is 35.7 Å². The molecule has 0 atom stereocenters. The Balaban J connectivity index is 1.24. The Labute approximate surface area is 196 Å². The normalized spacial score (nSPS) is 18.5. The van der Waals surface area contributed by atoms with E-state index in [1.165, 1.54) is 11.3 Å². The summed E-state index contributed by atoms with van der Waals surface area (Å²) in [6.45, 7) is 7.73. The van der Waals surface area contributed by atoms with E-state index >= 15 is 0 Å². The van der Waals surface area contributed by atoms with Gasteiger partial charge in [0.05, 0.1) is 19.8 Å². The second-order valence-electron chi connectivity index (χ2n) is 8.41. The summed E-state index contributed by atoms with van der Waals surface area (Å²) in [5.41, 5.74) is 0.658. The third kappa shape index (κ3) is 5.47. The lowest BCUT2D eigenvalue weighted by atomic mass is 10.0. The highest BCUT2D eigenvalue weighted by atomic mass is 32.1. The molecule has 0 aliphatic carbocycles. The van der Waals surface area contributed by atoms with Gasteiger partial charge in [0.2, 0.25) is 5.91 Å². The maximum absolute atomic E-state index is 12.8. The van der Waals surface area contributed by atoms with Crippen molar-refractivity contribution in [2.75, 3.05) is 51.3 Å². The molecule has 1 amide bonds. The smallest absolute Gasteiger partial charge is 0.239 e. The first-order chi connectivity index (χ1) is 16.1. The lowest BCUT2D eigenvalue weighted by Gasteiger charge is -2.39. The zero-order chi connectivity index (χ0) is 22.6. The molecule has 0 unspecified atom stereocenters. The molecule has 9 nitrogen and oxygen atoms in total. The first-order valence-electron chi connectivity index (χ1n) is 11.3. The van der Waals surface area contributed by atoms with Gasteiger partial charge < -0.3 is 14.5 Å². The SMILES string of the molecule is Cc1ccc(-c2nc(NC(=O)CN3CCC(N4CCOCC4)CC3)cc(-c3nccs3)n2)o1. The number of nitrogens with zero attached hydrogens (tertiary/aromatic N) is 5. The van der Waals surface area contributed by atoms with Crippen molar-refractivity contribution in [2.24, 2.45) is 0 Å². The Hall–Kier alpha value is -2.66. The number of aryl methyl sites for hydroxylation is 1. The van der Waals surface area contributed by atoms with Crippen LogP contribution in [0.3, 0.4) is 0 Å². The summed E-state index contributed by atoms with van der Waals surface area (Å²) in [4.78, 5) is 31.1. The van der Waals surface area contributed by atoms with Gasteiger partial charge in [0.1, 0.15) is 22.3 Å². The number of ether oxygens (including phenoxy) is 1. The first kappa shape index (κ1) is 22.1. The molecule has 0 aromatic carbocycles. The van der Waals surface area contributed by atoms with Crippen LogP contribution in [-0.4, -0.2) is 82.6 Å². The average Bonchev–Trinajstić information content (AvgIpc) is 3.52. The number of hydrogen-bond donors (Lipinski definition) is 1. The van der Waals surface area contributed by atoms with E-state index in [0.717, 1.165) is 63.0 Å². The van der Waals surface area contributed by atoms with Gasteiger partial charge in [-0.25, -0.2) is 15.0 Å². The molecule has 5 rings (SSSR count). The van der Waals surface area contributed by atoms with Crippen LogP contribution in [0.1, 0.15) is 18.6 Å². The number of anilines is 1. The Morgan fingerprint density at radius 2 is 2.00 bits per heavy atom. The largest absolute Gasteiger partial charge is 0.458 e. The summed E-state index contributed by atoms with van der Waals surface area (Å²) < 4.78 is 11.2. The highest BCUT2D eigenvalue weighted by Crippen LogP contribution is 2.27. The highest BCUT2D eigenvalue weighted by Gasteiger charge is 2.26. The molecule has 3 aromatic heterocycles. The predicted molar refractivity (Wildman–Crippen MR) is 126 cm³/mol. The van der Waals surface area contributed by atoms with E-state index in [1.54, 1.807) is 12.3 Å². The predicted octanol–water partition coefficient (Wildman–Crippen LogP) is 2.90. The Kier molecular flexibility index (Phi) is 6.77. The minimum atomic E-state index is -0.0785. The lowest BCUT2D eigenvalue weighted by Crippen LogP contribution is -2.50. The second kappa shape index (κ2) is 10.1. The maximum atomic E-state index is 12.8. The van der Waals surface area contributed by atoms with Crippen LogP contribution in [0, 0.1) is 6.92 Å². The minimum absolute atomic E-state index is 0.0785. The third-order valence-corrected chi connectivity index (χ3v) is 6.89. The van der Waals surface area contributed by atoms with Gasteiger partial charge in [0.15, 0.2) is 11.6 Å². The number of amides is 1. The summed E-state index contributed by atoms with van der Waals surface area (Å²) in [6.07, 6.45) is 3.89. The molecule has 10 heteroatoms. The Morgan fingerprint density at radius 1 is 1.18 bits per heavy atom. The molecule has 2 fully saturated rings. The third-order valence-electron chi connectivity index (χ3n) is 6.09. The van der Waals surface area contributed by atoms with Gasteiger partial charge in [-0.15, -0.1) is 11.3 Å². The van der Waals surface area contributed by atoms with Crippen molar-refractivity contribution in [3.05, 3.63) is 35.5 Å². The molecule has 2 aliphatic rings. The lowest BCUT2D eigenvalue weighted by molar-refractivity contribution is -0.117. The summed E-state index contributed by atoms with van der Waals surface area (Å²) in [5.74, 6) is 2.14. The van der Waals surface area contributed by atoms with Crippen LogP contribution in [-0.2, 0) is 9.53 Å². The van der Waals surface area contributed by atoms with Crippen molar-refractivity contribution in [2.45, 2.75) is 25.8 Å². The molecule has 2 saturated heterocycles. The zero-order valence-corrected chi connectivity index (χ0v) is 19.5. The summed E-state index contributed by atoms with van der Waals surface area (Å²) in [6, 6.07) is 6.06. The van der Waals surface area contributed by atoms with Crippen molar-refractivity contribution in [1.82, 2.24) is 24.8 Å². The molecule has 0 spiro atoms. The second-order valence-corrected chi connectivity index (χ2v) is 9.31. The van der Waals surface area contributed by atoms with E-state index in [2.05, 4.69) is 30.1 Å². The van der Waals surface area contributed by atoms with E-state index in [-0.39, 0.29) is 5.91 Å². The molecular weight excluding hydrogens is 440 g/mol. The van der Waals surface area contributed by atoms with E-state index in [9.17, 15) is 4.79 Å². The molecule has 0 saturated carbocycles. The molecule has 33 heavy (non-hydrogen) atoms. The fraction of sp³-hybridized carbons (Fsp3) is 0.478. The number of hydrogen-bond acceptors (Lipinski definition) is 9. The number of carbonyl (C=O) groups is 1. The number of nitrogens with one attached hydrogen (secondary N) is 1. The zero-order valence-electron chi connectivity index (χ0n) is 18.7. The van der Waals surface area contributed by atoms with Crippen LogP contribution >= 0.6 is 11.3 Å². The Bertz CT molecular complexity index is 1070.